The van der Waals surface area contributed by atoms with Gasteiger partial charge in [-0.3, -0.25) is 4.57 Å². The maximum Gasteiger partial charge on any atom is 0.165 e. The fourth-order valence-corrected chi connectivity index (χ4v) is 5.28. The van der Waals surface area contributed by atoms with Crippen molar-refractivity contribution < 1.29 is 14.9 Å². The molecule has 9 nitrogen and oxygen atoms in total. The van der Waals surface area contributed by atoms with Crippen molar-refractivity contribution in [3.63, 3.8) is 0 Å². The van der Waals surface area contributed by atoms with Crippen molar-refractivity contribution in [2.75, 3.05) is 13.1 Å². The Bertz CT molecular complexity index is 1570. The molecule has 186 valence electrons. The number of rotatable bonds is 6. The Hall–Kier alpha value is -3.37. The highest BCUT2D eigenvalue weighted by Gasteiger charge is 2.44. The molecule has 0 radical (unpaired) electrons. The lowest BCUT2D eigenvalue weighted by atomic mass is 10.1. The first-order valence-electron chi connectivity index (χ1n) is 12.3. The number of aliphatic hydroxyl groups is 2. The first kappa shape index (κ1) is 23.1. The minimum Gasteiger partial charge on any atom is -0.387 e. The van der Waals surface area contributed by atoms with E-state index in [1.54, 1.807) is 10.9 Å². The van der Waals surface area contributed by atoms with E-state index in [2.05, 4.69) is 75.1 Å². The molecule has 36 heavy (non-hydrogen) atoms. The standard InChI is InChI=1S/C27H30N6O3/c1-15-5-7-20-19(10-15)18-6-4-16(2)11-21(18)32(20)9-8-28-12-22-24(34)25(35)27(36-22)33-14-31-23-17(3)29-13-30-26(23)33/h4-7,10-11,13-14,22,24-25,27-28,34-35H,8-9,12H2,1-3H3. The maximum absolute atomic E-state index is 10.7. The van der Waals surface area contributed by atoms with E-state index in [4.69, 9.17) is 4.74 Å². The zero-order valence-corrected chi connectivity index (χ0v) is 20.6. The van der Waals surface area contributed by atoms with Crippen LogP contribution in [0, 0.1) is 20.8 Å². The molecule has 4 heterocycles. The second-order valence-corrected chi connectivity index (χ2v) is 9.73. The molecule has 3 N–H and O–H groups in total. The minimum absolute atomic E-state index is 0.407. The number of hydrogen-bond donors (Lipinski definition) is 3. The van der Waals surface area contributed by atoms with E-state index in [0.29, 0.717) is 24.3 Å². The molecular formula is C27H30N6O3. The van der Waals surface area contributed by atoms with Gasteiger partial charge in [0.15, 0.2) is 11.9 Å². The molecule has 0 aliphatic carbocycles. The highest BCUT2D eigenvalue weighted by atomic mass is 16.6. The van der Waals surface area contributed by atoms with E-state index in [1.165, 1.54) is 39.3 Å². The Labute approximate surface area is 208 Å². The van der Waals surface area contributed by atoms with Crippen LogP contribution in [-0.4, -0.2) is 65.7 Å². The van der Waals surface area contributed by atoms with Crippen molar-refractivity contribution >= 4 is 33.0 Å². The molecule has 1 saturated heterocycles. The van der Waals surface area contributed by atoms with Crippen LogP contribution in [0.15, 0.2) is 49.1 Å². The molecule has 0 amide bonds. The number of nitrogens with one attached hydrogen (secondary N) is 1. The van der Waals surface area contributed by atoms with E-state index in [9.17, 15) is 10.2 Å². The number of hydrogen-bond acceptors (Lipinski definition) is 7. The molecule has 0 spiro atoms. The molecular weight excluding hydrogens is 456 g/mol. The lowest BCUT2D eigenvalue weighted by Crippen LogP contribution is -2.38. The van der Waals surface area contributed by atoms with Gasteiger partial charge in [0.1, 0.15) is 30.2 Å². The van der Waals surface area contributed by atoms with E-state index >= 15 is 0 Å². The van der Waals surface area contributed by atoms with Crippen LogP contribution >= 0.6 is 0 Å². The quantitative estimate of drug-likeness (QED) is 0.317. The topological polar surface area (TPSA) is 110 Å². The molecule has 0 bridgehead atoms. The van der Waals surface area contributed by atoms with Gasteiger partial charge < -0.3 is 24.8 Å². The Kier molecular flexibility index (Phi) is 5.72. The second kappa shape index (κ2) is 8.94. The first-order valence-corrected chi connectivity index (χ1v) is 12.3. The fraction of sp³-hybridized carbons (Fsp3) is 0.370. The molecule has 5 aromatic rings. The van der Waals surface area contributed by atoms with Gasteiger partial charge in [0.2, 0.25) is 0 Å². The predicted molar refractivity (Wildman–Crippen MR) is 138 cm³/mol. The van der Waals surface area contributed by atoms with Crippen LogP contribution in [0.5, 0.6) is 0 Å². The third-order valence-corrected chi connectivity index (χ3v) is 7.19. The third-order valence-electron chi connectivity index (χ3n) is 7.19. The van der Waals surface area contributed by atoms with Crippen molar-refractivity contribution in [3.05, 3.63) is 65.9 Å². The summed E-state index contributed by atoms with van der Waals surface area (Å²) in [7, 11) is 0. The predicted octanol–water partition coefficient (Wildman–Crippen LogP) is 2.77. The number of aliphatic hydroxyl groups excluding tert-OH is 2. The summed E-state index contributed by atoms with van der Waals surface area (Å²) in [6.07, 6.45) is -0.406. The van der Waals surface area contributed by atoms with E-state index in [1.807, 2.05) is 6.92 Å². The summed E-state index contributed by atoms with van der Waals surface area (Å²) in [6.45, 7) is 7.95. The number of imidazole rings is 1. The van der Waals surface area contributed by atoms with Crippen LogP contribution in [0.4, 0.5) is 0 Å². The van der Waals surface area contributed by atoms with Gasteiger partial charge in [0.25, 0.3) is 0 Å². The molecule has 1 aliphatic heterocycles. The highest BCUT2D eigenvalue weighted by molar-refractivity contribution is 6.08. The van der Waals surface area contributed by atoms with E-state index in [0.717, 1.165) is 12.2 Å². The second-order valence-electron chi connectivity index (χ2n) is 9.73. The average Bonchev–Trinajstić information content (AvgIpc) is 3.50. The highest BCUT2D eigenvalue weighted by Crippen LogP contribution is 2.32. The molecule has 1 fully saturated rings. The fourth-order valence-electron chi connectivity index (χ4n) is 5.28. The van der Waals surface area contributed by atoms with Gasteiger partial charge in [0.05, 0.1) is 12.0 Å². The molecule has 4 unspecified atom stereocenters. The maximum atomic E-state index is 10.7. The lowest BCUT2D eigenvalue weighted by Gasteiger charge is -2.17. The molecule has 2 aromatic carbocycles. The summed E-state index contributed by atoms with van der Waals surface area (Å²) in [5.41, 5.74) is 6.87. The summed E-state index contributed by atoms with van der Waals surface area (Å²) in [5, 5.41) is 27.3. The van der Waals surface area contributed by atoms with Crippen LogP contribution in [-0.2, 0) is 11.3 Å². The van der Waals surface area contributed by atoms with Gasteiger partial charge in [-0.05, 0) is 44.5 Å². The molecule has 0 saturated carbocycles. The van der Waals surface area contributed by atoms with Gasteiger partial charge in [-0.15, -0.1) is 0 Å². The lowest BCUT2D eigenvalue weighted by molar-refractivity contribution is -0.0341. The summed E-state index contributed by atoms with van der Waals surface area (Å²) in [5.74, 6) is 0. The van der Waals surface area contributed by atoms with Crippen molar-refractivity contribution in [1.29, 1.82) is 0 Å². The number of aryl methyl sites for hydroxylation is 3. The zero-order valence-electron chi connectivity index (χ0n) is 20.6. The number of aromatic nitrogens is 5. The monoisotopic (exact) mass is 486 g/mol. The Morgan fingerprint density at radius 1 is 0.917 bits per heavy atom. The third kappa shape index (κ3) is 3.75. The number of benzene rings is 2. The SMILES string of the molecule is Cc1ccc2c(c1)c1ccc(C)cc1n2CCNCC1OC(n2cnc3c(C)ncnc32)C(O)C1O. The smallest absolute Gasteiger partial charge is 0.165 e. The number of nitrogens with zero attached hydrogens (tertiary/aromatic N) is 5. The molecule has 1 aliphatic rings. The van der Waals surface area contributed by atoms with Crippen LogP contribution in [0.25, 0.3) is 33.0 Å². The summed E-state index contributed by atoms with van der Waals surface area (Å²) in [6, 6.07) is 13.2. The van der Waals surface area contributed by atoms with Gasteiger partial charge in [-0.1, -0.05) is 23.8 Å². The van der Waals surface area contributed by atoms with Crippen LogP contribution in [0.2, 0.25) is 0 Å². The average molecular weight is 487 g/mol. The van der Waals surface area contributed by atoms with Crippen molar-refractivity contribution in [2.45, 2.75) is 51.9 Å². The van der Waals surface area contributed by atoms with E-state index in [-0.39, 0.29) is 0 Å². The van der Waals surface area contributed by atoms with Gasteiger partial charge in [-0.25, -0.2) is 15.0 Å². The summed E-state index contributed by atoms with van der Waals surface area (Å²) in [4.78, 5) is 12.8. The van der Waals surface area contributed by atoms with Crippen LogP contribution < -0.4 is 5.32 Å². The zero-order chi connectivity index (χ0) is 25.0. The molecule has 3 aromatic heterocycles. The van der Waals surface area contributed by atoms with Crippen molar-refractivity contribution in [2.24, 2.45) is 0 Å². The van der Waals surface area contributed by atoms with E-state index < -0.39 is 24.5 Å². The molecule has 4 atom stereocenters. The Morgan fingerprint density at radius 2 is 1.72 bits per heavy atom. The van der Waals surface area contributed by atoms with Crippen molar-refractivity contribution in [3.8, 4) is 0 Å². The summed E-state index contributed by atoms with van der Waals surface area (Å²) >= 11 is 0. The first-order chi connectivity index (χ1) is 17.4. The molecule has 6 rings (SSSR count). The van der Waals surface area contributed by atoms with Crippen LogP contribution in [0.3, 0.4) is 0 Å². The number of ether oxygens (including phenoxy) is 1. The van der Waals surface area contributed by atoms with Gasteiger partial charge >= 0.3 is 0 Å². The molecule has 9 heteroatoms. The number of fused-ring (bicyclic) bond motifs is 4. The van der Waals surface area contributed by atoms with Crippen LogP contribution in [0.1, 0.15) is 23.0 Å². The largest absolute Gasteiger partial charge is 0.387 e. The minimum atomic E-state index is -1.09. The Balaban J connectivity index is 1.16. The summed E-state index contributed by atoms with van der Waals surface area (Å²) < 4.78 is 10.1. The Morgan fingerprint density at radius 3 is 2.58 bits per heavy atom. The van der Waals surface area contributed by atoms with Gasteiger partial charge in [0, 0.05) is 41.4 Å². The van der Waals surface area contributed by atoms with Gasteiger partial charge in [-0.2, -0.15) is 0 Å². The normalized spacial score (nSPS) is 22.4. The van der Waals surface area contributed by atoms with Crippen molar-refractivity contribution in [1.82, 2.24) is 29.4 Å².